The van der Waals surface area contributed by atoms with Crippen LogP contribution in [0.3, 0.4) is 0 Å². The van der Waals surface area contributed by atoms with Crippen molar-refractivity contribution < 1.29 is 4.39 Å². The summed E-state index contributed by atoms with van der Waals surface area (Å²) >= 11 is 3.26. The summed E-state index contributed by atoms with van der Waals surface area (Å²) in [6.45, 7) is -0.404. The molecule has 0 aromatic carbocycles. The quantitative estimate of drug-likeness (QED) is 0.869. The highest BCUT2D eigenvalue weighted by Gasteiger charge is 2.05. The van der Waals surface area contributed by atoms with Crippen LogP contribution in [0.1, 0.15) is 18.2 Å². The molecule has 2 N–H and O–H groups in total. The summed E-state index contributed by atoms with van der Waals surface area (Å²) in [7, 11) is 0. The van der Waals surface area contributed by atoms with E-state index in [1.807, 2.05) is 6.07 Å². The fraction of sp³-hybridized carbons (Fsp3) is 0.375. The van der Waals surface area contributed by atoms with Crippen LogP contribution in [0, 0.1) is 0 Å². The molecule has 0 bridgehead atoms. The summed E-state index contributed by atoms with van der Waals surface area (Å²) in [6, 6.07) is 3.35. The third-order valence-corrected chi connectivity index (χ3v) is 2.02. The molecule has 1 atom stereocenters. The van der Waals surface area contributed by atoms with Crippen LogP contribution in [0.4, 0.5) is 4.39 Å². The SMILES string of the molecule is N[C@H](CCF)c1ccc(Br)cn1. The fourth-order valence-electron chi connectivity index (χ4n) is 0.872. The normalized spacial score (nSPS) is 12.9. The van der Waals surface area contributed by atoms with Gasteiger partial charge in [0, 0.05) is 16.7 Å². The predicted octanol–water partition coefficient (Wildman–Crippen LogP) is 2.20. The van der Waals surface area contributed by atoms with Crippen LogP contribution in [-0.2, 0) is 0 Å². The molecule has 0 aliphatic carbocycles. The van der Waals surface area contributed by atoms with Crippen LogP contribution in [0.2, 0.25) is 0 Å². The Balaban J connectivity index is 2.68. The number of nitrogens with two attached hydrogens (primary N) is 1. The molecule has 0 unspecified atom stereocenters. The van der Waals surface area contributed by atoms with E-state index in [4.69, 9.17) is 5.73 Å². The first-order valence-electron chi connectivity index (χ1n) is 3.67. The van der Waals surface area contributed by atoms with Gasteiger partial charge in [-0.05, 0) is 34.5 Å². The molecule has 1 rings (SSSR count). The third kappa shape index (κ3) is 2.53. The Bertz CT molecular complexity index is 237. The average molecular weight is 233 g/mol. The van der Waals surface area contributed by atoms with Crippen LogP contribution < -0.4 is 5.73 Å². The lowest BCUT2D eigenvalue weighted by Gasteiger charge is -2.07. The van der Waals surface area contributed by atoms with Gasteiger partial charge in [-0.1, -0.05) is 0 Å². The van der Waals surface area contributed by atoms with Crippen LogP contribution in [0.25, 0.3) is 0 Å². The standard InChI is InChI=1S/C8H10BrFN2/c9-6-1-2-8(12-5-6)7(11)3-4-10/h1-2,5,7H,3-4,11H2/t7-/m1/s1. The van der Waals surface area contributed by atoms with Gasteiger partial charge in [0.1, 0.15) is 0 Å². The minimum absolute atomic E-state index is 0.289. The van der Waals surface area contributed by atoms with Crippen LogP contribution in [0.5, 0.6) is 0 Å². The number of hydrogen-bond acceptors (Lipinski definition) is 2. The molecule has 66 valence electrons. The van der Waals surface area contributed by atoms with Crippen molar-refractivity contribution in [3.63, 3.8) is 0 Å². The van der Waals surface area contributed by atoms with Gasteiger partial charge in [0.15, 0.2) is 0 Å². The Labute approximate surface area is 79.1 Å². The van der Waals surface area contributed by atoms with Crippen LogP contribution in [-0.4, -0.2) is 11.7 Å². The molecule has 0 aliphatic rings. The zero-order valence-corrected chi connectivity index (χ0v) is 8.09. The van der Waals surface area contributed by atoms with Crippen molar-refractivity contribution in [1.29, 1.82) is 0 Å². The Morgan fingerprint density at radius 3 is 2.83 bits per heavy atom. The molecule has 1 aromatic heterocycles. The fourth-order valence-corrected chi connectivity index (χ4v) is 1.11. The number of hydrogen-bond donors (Lipinski definition) is 1. The topological polar surface area (TPSA) is 38.9 Å². The largest absolute Gasteiger partial charge is 0.323 e. The first-order valence-corrected chi connectivity index (χ1v) is 4.46. The molecule has 1 aromatic rings. The van der Waals surface area contributed by atoms with Crippen LogP contribution in [0.15, 0.2) is 22.8 Å². The van der Waals surface area contributed by atoms with E-state index in [0.29, 0.717) is 6.42 Å². The second kappa shape index (κ2) is 4.52. The number of rotatable bonds is 3. The Hall–Kier alpha value is -0.480. The van der Waals surface area contributed by atoms with E-state index in [1.165, 1.54) is 0 Å². The van der Waals surface area contributed by atoms with Gasteiger partial charge in [-0.15, -0.1) is 0 Å². The molecular formula is C8H10BrFN2. The van der Waals surface area contributed by atoms with Crippen molar-refractivity contribution in [2.45, 2.75) is 12.5 Å². The zero-order valence-electron chi connectivity index (χ0n) is 6.50. The molecule has 1 heterocycles. The second-order valence-electron chi connectivity index (χ2n) is 2.49. The minimum Gasteiger partial charge on any atom is -0.323 e. The number of pyridine rings is 1. The molecule has 2 nitrogen and oxygen atoms in total. The zero-order chi connectivity index (χ0) is 8.97. The lowest BCUT2D eigenvalue weighted by Crippen LogP contribution is -2.12. The van der Waals surface area contributed by atoms with E-state index in [1.54, 1.807) is 12.3 Å². The summed E-state index contributed by atoms with van der Waals surface area (Å²) in [4.78, 5) is 4.06. The van der Waals surface area contributed by atoms with Crippen molar-refractivity contribution in [3.05, 3.63) is 28.5 Å². The predicted molar refractivity (Wildman–Crippen MR) is 49.5 cm³/mol. The van der Waals surface area contributed by atoms with Crippen LogP contribution >= 0.6 is 15.9 Å². The first-order chi connectivity index (χ1) is 5.74. The number of aromatic nitrogens is 1. The first kappa shape index (κ1) is 9.61. The van der Waals surface area contributed by atoms with E-state index in [9.17, 15) is 4.39 Å². The number of nitrogens with zero attached hydrogens (tertiary/aromatic N) is 1. The maximum atomic E-state index is 11.9. The summed E-state index contributed by atoms with van der Waals surface area (Å²) in [5.41, 5.74) is 6.37. The smallest absolute Gasteiger partial charge is 0.0913 e. The van der Waals surface area contributed by atoms with Gasteiger partial charge in [0.25, 0.3) is 0 Å². The van der Waals surface area contributed by atoms with Crippen molar-refractivity contribution in [2.75, 3.05) is 6.67 Å². The summed E-state index contributed by atoms with van der Waals surface area (Å²) in [6.07, 6.45) is 1.99. The minimum atomic E-state index is -0.404. The monoisotopic (exact) mass is 232 g/mol. The van der Waals surface area contributed by atoms with Gasteiger partial charge in [-0.3, -0.25) is 9.37 Å². The highest BCUT2D eigenvalue weighted by molar-refractivity contribution is 9.10. The molecular weight excluding hydrogens is 223 g/mol. The van der Waals surface area contributed by atoms with E-state index in [-0.39, 0.29) is 6.04 Å². The van der Waals surface area contributed by atoms with E-state index in [2.05, 4.69) is 20.9 Å². The van der Waals surface area contributed by atoms with Gasteiger partial charge >= 0.3 is 0 Å². The molecule has 0 spiro atoms. The van der Waals surface area contributed by atoms with E-state index >= 15 is 0 Å². The Morgan fingerprint density at radius 1 is 1.58 bits per heavy atom. The molecule has 4 heteroatoms. The molecule has 0 radical (unpaired) electrons. The van der Waals surface area contributed by atoms with E-state index < -0.39 is 6.67 Å². The lowest BCUT2D eigenvalue weighted by atomic mass is 10.1. The molecule has 12 heavy (non-hydrogen) atoms. The molecule has 0 amide bonds. The maximum absolute atomic E-state index is 11.9. The average Bonchev–Trinajstić information content (AvgIpc) is 2.06. The Morgan fingerprint density at radius 2 is 2.33 bits per heavy atom. The Kier molecular flexibility index (Phi) is 3.62. The molecule has 0 saturated heterocycles. The lowest BCUT2D eigenvalue weighted by molar-refractivity contribution is 0.438. The maximum Gasteiger partial charge on any atom is 0.0913 e. The number of alkyl halides is 1. The van der Waals surface area contributed by atoms with Crippen molar-refractivity contribution in [1.82, 2.24) is 4.98 Å². The number of halogens is 2. The second-order valence-corrected chi connectivity index (χ2v) is 3.40. The van der Waals surface area contributed by atoms with Crippen molar-refractivity contribution >= 4 is 15.9 Å². The third-order valence-electron chi connectivity index (χ3n) is 1.55. The van der Waals surface area contributed by atoms with Gasteiger partial charge in [-0.2, -0.15) is 0 Å². The molecule has 0 fully saturated rings. The van der Waals surface area contributed by atoms with Gasteiger partial charge < -0.3 is 5.73 Å². The van der Waals surface area contributed by atoms with Crippen molar-refractivity contribution in [3.8, 4) is 0 Å². The molecule has 0 aliphatic heterocycles. The van der Waals surface area contributed by atoms with Gasteiger partial charge in [0.2, 0.25) is 0 Å². The summed E-state index contributed by atoms with van der Waals surface area (Å²) in [5.74, 6) is 0. The summed E-state index contributed by atoms with van der Waals surface area (Å²) in [5, 5.41) is 0. The highest BCUT2D eigenvalue weighted by Crippen LogP contribution is 2.14. The molecule has 0 saturated carbocycles. The highest BCUT2D eigenvalue weighted by atomic mass is 79.9. The summed E-state index contributed by atoms with van der Waals surface area (Å²) < 4.78 is 12.8. The van der Waals surface area contributed by atoms with Gasteiger partial charge in [-0.25, -0.2) is 0 Å². The van der Waals surface area contributed by atoms with E-state index in [0.717, 1.165) is 10.2 Å². The van der Waals surface area contributed by atoms with Crippen molar-refractivity contribution in [2.24, 2.45) is 5.73 Å². The van der Waals surface area contributed by atoms with Gasteiger partial charge in [0.05, 0.1) is 12.4 Å².